The van der Waals surface area contributed by atoms with E-state index < -0.39 is 23.4 Å². The number of hydrogen-bond acceptors (Lipinski definition) is 10. The third-order valence-corrected chi connectivity index (χ3v) is 2.17. The molecule has 2 N–H and O–H groups in total. The van der Waals surface area contributed by atoms with Gasteiger partial charge in [0.15, 0.2) is 0 Å². The molecule has 0 spiro atoms. The Morgan fingerprint density at radius 3 is 1.36 bits per heavy atom. The van der Waals surface area contributed by atoms with Gasteiger partial charge in [-0.15, -0.1) is 0 Å². The molecular formula is C12H18N4O6. The molecule has 0 heterocycles. The molecule has 0 aliphatic carbocycles. The van der Waals surface area contributed by atoms with Crippen molar-refractivity contribution in [2.75, 3.05) is 13.2 Å². The van der Waals surface area contributed by atoms with E-state index in [9.17, 15) is 9.59 Å². The summed E-state index contributed by atoms with van der Waals surface area (Å²) in [5.74, 6) is -1.75. The van der Waals surface area contributed by atoms with Crippen LogP contribution in [0.25, 0.3) is 0 Å². The van der Waals surface area contributed by atoms with Crippen molar-refractivity contribution in [3.05, 3.63) is 0 Å². The molecule has 0 fully saturated rings. The highest BCUT2D eigenvalue weighted by molar-refractivity contribution is 6.66. The minimum atomic E-state index is -0.874. The number of ether oxygens (including phenoxy) is 2. The Morgan fingerprint density at radius 1 is 0.818 bits per heavy atom. The first-order chi connectivity index (χ1) is 10.4. The monoisotopic (exact) mass is 314 g/mol. The summed E-state index contributed by atoms with van der Waals surface area (Å²) in [4.78, 5) is 22.9. The first-order valence-electron chi connectivity index (χ1n) is 6.30. The van der Waals surface area contributed by atoms with E-state index in [1.165, 1.54) is 13.8 Å². The van der Waals surface area contributed by atoms with E-state index in [1.54, 1.807) is 13.8 Å². The highest BCUT2D eigenvalue weighted by Gasteiger charge is 2.19. The van der Waals surface area contributed by atoms with Gasteiger partial charge in [-0.3, -0.25) is 0 Å². The molecule has 0 rings (SSSR count). The van der Waals surface area contributed by atoms with Crippen molar-refractivity contribution in [1.29, 1.82) is 0 Å². The number of nitrogens with zero attached hydrogens (tertiary/aromatic N) is 4. The summed E-state index contributed by atoms with van der Waals surface area (Å²) in [6, 6.07) is 0. The number of carbonyl (C=O) groups excluding carboxylic acids is 2. The Balaban J connectivity index is 5.27. The quantitative estimate of drug-likeness (QED) is 0.305. The highest BCUT2D eigenvalue weighted by atomic mass is 16.5. The molecule has 0 aliphatic heterocycles. The van der Waals surface area contributed by atoms with Gasteiger partial charge in [-0.05, 0) is 27.7 Å². The average Bonchev–Trinajstić information content (AvgIpc) is 2.47. The molecule has 122 valence electrons. The Kier molecular flexibility index (Phi) is 8.75. The van der Waals surface area contributed by atoms with E-state index in [2.05, 4.69) is 30.0 Å². The summed E-state index contributed by atoms with van der Waals surface area (Å²) in [5.41, 5.74) is -0.975. The minimum absolute atomic E-state index is 0.0542. The molecule has 0 amide bonds. The maximum absolute atomic E-state index is 11.5. The smallest absolute Gasteiger partial charge is 0.362 e. The molecule has 10 heteroatoms. The fraction of sp³-hybridized carbons (Fsp3) is 0.500. The third kappa shape index (κ3) is 5.69. The topological polar surface area (TPSA) is 142 Å². The van der Waals surface area contributed by atoms with Gasteiger partial charge in [0, 0.05) is 0 Å². The fourth-order valence-electron chi connectivity index (χ4n) is 1.17. The predicted molar refractivity (Wildman–Crippen MR) is 77.9 cm³/mol. The predicted octanol–water partition coefficient (Wildman–Crippen LogP) is 0.610. The zero-order chi connectivity index (χ0) is 17.1. The third-order valence-electron chi connectivity index (χ3n) is 2.17. The molecule has 10 nitrogen and oxygen atoms in total. The SMILES string of the molecule is CCOC(=O)C(=NO)C(C)=NN=C(C)C(=NO)C(=O)OCC. The summed E-state index contributed by atoms with van der Waals surface area (Å²) in [6.45, 7) is 6.07. The Hall–Kier alpha value is -2.78. The van der Waals surface area contributed by atoms with Gasteiger partial charge in [0.2, 0.25) is 11.4 Å². The summed E-state index contributed by atoms with van der Waals surface area (Å²) in [5, 5.41) is 30.4. The van der Waals surface area contributed by atoms with Crippen LogP contribution in [0.5, 0.6) is 0 Å². The van der Waals surface area contributed by atoms with Gasteiger partial charge in [-0.2, -0.15) is 10.2 Å². The van der Waals surface area contributed by atoms with Gasteiger partial charge in [-0.25, -0.2) is 9.59 Å². The van der Waals surface area contributed by atoms with Gasteiger partial charge in [0.25, 0.3) is 0 Å². The molecule has 0 bridgehead atoms. The maximum Gasteiger partial charge on any atom is 0.362 e. The van der Waals surface area contributed by atoms with Gasteiger partial charge in [0.1, 0.15) is 0 Å². The molecule has 22 heavy (non-hydrogen) atoms. The lowest BCUT2D eigenvalue weighted by Gasteiger charge is -2.03. The van der Waals surface area contributed by atoms with Gasteiger partial charge in [0.05, 0.1) is 24.6 Å². The van der Waals surface area contributed by atoms with Crippen LogP contribution in [0.1, 0.15) is 27.7 Å². The van der Waals surface area contributed by atoms with Crippen LogP contribution in [0, 0.1) is 0 Å². The second-order valence-corrected chi connectivity index (χ2v) is 3.71. The number of hydrogen-bond donors (Lipinski definition) is 2. The maximum atomic E-state index is 11.5. The lowest BCUT2D eigenvalue weighted by molar-refractivity contribution is -0.135. The molecular weight excluding hydrogens is 296 g/mol. The zero-order valence-corrected chi connectivity index (χ0v) is 12.7. The lowest BCUT2D eigenvalue weighted by Crippen LogP contribution is -2.26. The van der Waals surface area contributed by atoms with E-state index in [-0.39, 0.29) is 24.6 Å². The molecule has 0 aromatic carbocycles. The fourth-order valence-corrected chi connectivity index (χ4v) is 1.17. The van der Waals surface area contributed by atoms with Crippen LogP contribution in [0.4, 0.5) is 0 Å². The van der Waals surface area contributed by atoms with Crippen molar-refractivity contribution in [1.82, 2.24) is 0 Å². The summed E-state index contributed by atoms with van der Waals surface area (Å²) in [7, 11) is 0. The van der Waals surface area contributed by atoms with E-state index in [0.717, 1.165) is 0 Å². The minimum Gasteiger partial charge on any atom is -0.461 e. The van der Waals surface area contributed by atoms with Crippen LogP contribution in [0.3, 0.4) is 0 Å². The molecule has 0 saturated carbocycles. The van der Waals surface area contributed by atoms with Crippen LogP contribution in [-0.4, -0.2) is 58.4 Å². The number of esters is 2. The molecule has 0 aromatic heterocycles. The zero-order valence-electron chi connectivity index (χ0n) is 12.7. The first kappa shape index (κ1) is 19.2. The van der Waals surface area contributed by atoms with Crippen LogP contribution in [0.15, 0.2) is 20.5 Å². The van der Waals surface area contributed by atoms with E-state index in [4.69, 9.17) is 10.4 Å². The molecule has 0 unspecified atom stereocenters. The van der Waals surface area contributed by atoms with Crippen LogP contribution < -0.4 is 0 Å². The standard InChI is InChI=1S/C12H18N4O6/c1-5-21-11(17)9(15-19)7(3)13-14-8(4)10(16-20)12(18)22-6-2/h19-20H,5-6H2,1-4H3. The molecule has 0 radical (unpaired) electrons. The summed E-state index contributed by atoms with van der Waals surface area (Å²) >= 11 is 0. The van der Waals surface area contributed by atoms with Crippen molar-refractivity contribution >= 4 is 34.8 Å². The van der Waals surface area contributed by atoms with Crippen molar-refractivity contribution in [2.45, 2.75) is 27.7 Å². The second kappa shape index (κ2) is 10.0. The number of rotatable bonds is 7. The normalized spacial score (nSPS) is 13.8. The number of oxime groups is 2. The van der Waals surface area contributed by atoms with Gasteiger partial charge in [-0.1, -0.05) is 10.3 Å². The van der Waals surface area contributed by atoms with Crippen molar-refractivity contribution in [3.8, 4) is 0 Å². The first-order valence-corrected chi connectivity index (χ1v) is 6.30. The van der Waals surface area contributed by atoms with Crippen LogP contribution in [-0.2, 0) is 19.1 Å². The molecule has 0 atom stereocenters. The second-order valence-electron chi connectivity index (χ2n) is 3.71. The Bertz CT molecular complexity index is 488. The van der Waals surface area contributed by atoms with Crippen molar-refractivity contribution in [2.24, 2.45) is 20.5 Å². The summed E-state index contributed by atoms with van der Waals surface area (Å²) in [6.07, 6.45) is 0. The Labute approximate surface area is 126 Å². The van der Waals surface area contributed by atoms with Crippen molar-refractivity contribution < 1.29 is 29.5 Å². The Morgan fingerprint density at radius 2 is 1.14 bits per heavy atom. The highest BCUT2D eigenvalue weighted by Crippen LogP contribution is 1.95. The largest absolute Gasteiger partial charge is 0.461 e. The number of carbonyl (C=O) groups is 2. The summed E-state index contributed by atoms with van der Waals surface area (Å²) < 4.78 is 9.33. The molecule has 0 aliphatic rings. The molecule has 0 aromatic rings. The van der Waals surface area contributed by atoms with E-state index in [1.807, 2.05) is 0 Å². The van der Waals surface area contributed by atoms with Crippen LogP contribution in [0.2, 0.25) is 0 Å². The van der Waals surface area contributed by atoms with Crippen molar-refractivity contribution in [3.63, 3.8) is 0 Å². The average molecular weight is 314 g/mol. The molecule has 0 saturated heterocycles. The van der Waals surface area contributed by atoms with Gasteiger partial charge >= 0.3 is 11.9 Å². The van der Waals surface area contributed by atoms with Gasteiger partial charge < -0.3 is 19.9 Å². The van der Waals surface area contributed by atoms with E-state index in [0.29, 0.717) is 0 Å². The van der Waals surface area contributed by atoms with Crippen LogP contribution >= 0.6 is 0 Å². The lowest BCUT2D eigenvalue weighted by atomic mass is 10.2. The van der Waals surface area contributed by atoms with E-state index >= 15 is 0 Å².